The zero-order valence-electron chi connectivity index (χ0n) is 12.6. The van der Waals surface area contributed by atoms with Gasteiger partial charge in [0, 0.05) is 24.8 Å². The maximum atomic E-state index is 4.04. The van der Waals surface area contributed by atoms with Crippen molar-refractivity contribution >= 4 is 5.69 Å². The van der Waals surface area contributed by atoms with E-state index in [0.29, 0.717) is 0 Å². The quantitative estimate of drug-likeness (QED) is 0.710. The molecule has 0 aliphatic carbocycles. The lowest BCUT2D eigenvalue weighted by atomic mass is 10.1. The zero-order valence-corrected chi connectivity index (χ0v) is 12.6. The van der Waals surface area contributed by atoms with Gasteiger partial charge in [-0.1, -0.05) is 42.5 Å². The van der Waals surface area contributed by atoms with Crippen molar-refractivity contribution in [2.45, 2.75) is 12.8 Å². The molecule has 0 fully saturated rings. The highest BCUT2D eigenvalue weighted by Crippen LogP contribution is 2.19. The molecule has 0 saturated heterocycles. The highest BCUT2D eigenvalue weighted by atomic mass is 15.5. The molecule has 0 radical (unpaired) electrons. The van der Waals surface area contributed by atoms with Crippen LogP contribution in [0.5, 0.6) is 0 Å². The Labute approximate surface area is 130 Å². The second-order valence-corrected chi connectivity index (χ2v) is 5.22. The molecule has 1 aromatic heterocycles. The summed E-state index contributed by atoms with van der Waals surface area (Å²) >= 11 is 0. The predicted octanol–water partition coefficient (Wildman–Crippen LogP) is 2.92. The summed E-state index contributed by atoms with van der Waals surface area (Å²) < 4.78 is 1.68. The largest absolute Gasteiger partial charge is 0.385 e. The van der Waals surface area contributed by atoms with Gasteiger partial charge in [-0.25, -0.2) is 4.68 Å². The minimum absolute atomic E-state index is 0.771. The molecule has 22 heavy (non-hydrogen) atoms. The van der Waals surface area contributed by atoms with E-state index >= 15 is 0 Å². The number of rotatable bonds is 6. The van der Waals surface area contributed by atoms with Crippen LogP contribution in [0.15, 0.2) is 54.6 Å². The Kier molecular flexibility index (Phi) is 4.44. The predicted molar refractivity (Wildman–Crippen MR) is 87.5 cm³/mol. The average molecular weight is 293 g/mol. The molecule has 0 aliphatic rings. The van der Waals surface area contributed by atoms with Gasteiger partial charge < -0.3 is 5.32 Å². The smallest absolute Gasteiger partial charge is 0.181 e. The minimum Gasteiger partial charge on any atom is -0.385 e. The minimum atomic E-state index is 0.771. The van der Waals surface area contributed by atoms with E-state index in [1.54, 1.807) is 4.68 Å². The van der Waals surface area contributed by atoms with Crippen LogP contribution < -0.4 is 5.32 Å². The summed E-state index contributed by atoms with van der Waals surface area (Å²) in [7, 11) is 1.84. The molecule has 3 rings (SSSR count). The molecule has 0 bridgehead atoms. The Bertz CT molecular complexity index is 721. The number of anilines is 1. The SMILES string of the molecule is Cn1nnnc1-c1cccc(NCCCc2ccccc2)c1. The van der Waals surface area contributed by atoms with E-state index in [4.69, 9.17) is 0 Å². The number of nitrogens with one attached hydrogen (secondary N) is 1. The number of hydrogen-bond acceptors (Lipinski definition) is 4. The van der Waals surface area contributed by atoms with Crippen LogP contribution >= 0.6 is 0 Å². The molecule has 5 nitrogen and oxygen atoms in total. The molecule has 3 aromatic rings. The maximum absolute atomic E-state index is 4.04. The summed E-state index contributed by atoms with van der Waals surface area (Å²) in [6.07, 6.45) is 2.18. The lowest BCUT2D eigenvalue weighted by Gasteiger charge is -2.08. The number of benzene rings is 2. The number of aromatic nitrogens is 4. The Morgan fingerprint density at radius 1 is 1.05 bits per heavy atom. The van der Waals surface area contributed by atoms with Gasteiger partial charge >= 0.3 is 0 Å². The van der Waals surface area contributed by atoms with E-state index in [1.807, 2.05) is 19.2 Å². The van der Waals surface area contributed by atoms with Crippen LogP contribution in [0.4, 0.5) is 5.69 Å². The van der Waals surface area contributed by atoms with Crippen molar-refractivity contribution in [2.24, 2.45) is 7.05 Å². The van der Waals surface area contributed by atoms with E-state index in [9.17, 15) is 0 Å². The van der Waals surface area contributed by atoms with Crippen LogP contribution in [0.3, 0.4) is 0 Å². The maximum Gasteiger partial charge on any atom is 0.181 e. The summed E-state index contributed by atoms with van der Waals surface area (Å²) in [5.74, 6) is 0.771. The van der Waals surface area contributed by atoms with E-state index in [0.717, 1.165) is 36.5 Å². The second-order valence-electron chi connectivity index (χ2n) is 5.22. The molecule has 5 heteroatoms. The third kappa shape index (κ3) is 3.49. The van der Waals surface area contributed by atoms with Crippen molar-refractivity contribution in [3.8, 4) is 11.4 Å². The number of tetrazole rings is 1. The van der Waals surface area contributed by atoms with E-state index in [-0.39, 0.29) is 0 Å². The average Bonchev–Trinajstić information content (AvgIpc) is 2.99. The number of hydrogen-bond donors (Lipinski definition) is 1. The highest BCUT2D eigenvalue weighted by Gasteiger charge is 2.05. The van der Waals surface area contributed by atoms with Gasteiger partial charge in [-0.3, -0.25) is 0 Å². The first-order valence-corrected chi connectivity index (χ1v) is 7.43. The van der Waals surface area contributed by atoms with Gasteiger partial charge in [0.05, 0.1) is 0 Å². The molecule has 112 valence electrons. The number of nitrogens with zero attached hydrogens (tertiary/aromatic N) is 4. The second kappa shape index (κ2) is 6.85. The van der Waals surface area contributed by atoms with Crippen LogP contribution in [-0.4, -0.2) is 26.8 Å². The van der Waals surface area contributed by atoms with Gasteiger partial charge in [-0.2, -0.15) is 0 Å². The van der Waals surface area contributed by atoms with Gasteiger partial charge in [0.1, 0.15) is 0 Å². The van der Waals surface area contributed by atoms with Gasteiger partial charge in [0.15, 0.2) is 5.82 Å². The first-order chi connectivity index (χ1) is 10.8. The van der Waals surface area contributed by atoms with Crippen molar-refractivity contribution in [1.29, 1.82) is 0 Å². The summed E-state index contributed by atoms with van der Waals surface area (Å²) in [6, 6.07) is 18.7. The van der Waals surface area contributed by atoms with Crippen LogP contribution in [0.2, 0.25) is 0 Å². The van der Waals surface area contributed by atoms with Gasteiger partial charge in [-0.05, 0) is 41.0 Å². The van der Waals surface area contributed by atoms with Crippen LogP contribution in [0, 0.1) is 0 Å². The molecular formula is C17H19N5. The fourth-order valence-electron chi connectivity index (χ4n) is 2.41. The van der Waals surface area contributed by atoms with Gasteiger partial charge in [-0.15, -0.1) is 5.10 Å². The third-order valence-corrected chi connectivity index (χ3v) is 3.56. The van der Waals surface area contributed by atoms with Crippen molar-refractivity contribution in [3.05, 3.63) is 60.2 Å². The Balaban J connectivity index is 1.56. The van der Waals surface area contributed by atoms with Crippen LogP contribution in [-0.2, 0) is 13.5 Å². The fourth-order valence-corrected chi connectivity index (χ4v) is 2.41. The molecule has 1 N–H and O–H groups in total. The highest BCUT2D eigenvalue weighted by molar-refractivity contribution is 5.62. The van der Waals surface area contributed by atoms with E-state index in [1.165, 1.54) is 5.56 Å². The molecule has 0 unspecified atom stereocenters. The Morgan fingerprint density at radius 3 is 2.68 bits per heavy atom. The molecule has 0 amide bonds. The summed E-state index contributed by atoms with van der Waals surface area (Å²) in [5, 5.41) is 15.0. The summed E-state index contributed by atoms with van der Waals surface area (Å²) in [6.45, 7) is 0.940. The van der Waals surface area contributed by atoms with Crippen LogP contribution in [0.1, 0.15) is 12.0 Å². The summed E-state index contributed by atoms with van der Waals surface area (Å²) in [4.78, 5) is 0. The Morgan fingerprint density at radius 2 is 1.91 bits per heavy atom. The Hall–Kier alpha value is -2.69. The fraction of sp³-hybridized carbons (Fsp3) is 0.235. The summed E-state index contributed by atoms with van der Waals surface area (Å²) in [5.41, 5.74) is 3.48. The normalized spacial score (nSPS) is 10.6. The zero-order chi connectivity index (χ0) is 15.2. The van der Waals surface area contributed by atoms with E-state index in [2.05, 4.69) is 63.3 Å². The first-order valence-electron chi connectivity index (χ1n) is 7.43. The molecule has 1 heterocycles. The number of aryl methyl sites for hydroxylation is 2. The lowest BCUT2D eigenvalue weighted by molar-refractivity contribution is 0.714. The van der Waals surface area contributed by atoms with Crippen molar-refractivity contribution < 1.29 is 0 Å². The van der Waals surface area contributed by atoms with E-state index < -0.39 is 0 Å². The third-order valence-electron chi connectivity index (χ3n) is 3.56. The standard InChI is InChI=1S/C17H19N5/c1-22-17(19-20-21-22)15-10-5-11-16(13-15)18-12-6-9-14-7-3-2-4-8-14/h2-5,7-8,10-11,13,18H,6,9,12H2,1H3. The monoisotopic (exact) mass is 293 g/mol. The van der Waals surface area contributed by atoms with Crippen LogP contribution in [0.25, 0.3) is 11.4 Å². The molecular weight excluding hydrogens is 274 g/mol. The lowest BCUT2D eigenvalue weighted by Crippen LogP contribution is -2.03. The topological polar surface area (TPSA) is 55.6 Å². The van der Waals surface area contributed by atoms with Crippen molar-refractivity contribution in [2.75, 3.05) is 11.9 Å². The molecule has 0 atom stereocenters. The van der Waals surface area contributed by atoms with Crippen molar-refractivity contribution in [1.82, 2.24) is 20.2 Å². The van der Waals surface area contributed by atoms with Gasteiger partial charge in [0.2, 0.25) is 0 Å². The molecule has 0 spiro atoms. The first kappa shape index (κ1) is 14.3. The molecule has 0 aliphatic heterocycles. The van der Waals surface area contributed by atoms with Gasteiger partial charge in [0.25, 0.3) is 0 Å². The molecule has 0 saturated carbocycles. The van der Waals surface area contributed by atoms with Crippen molar-refractivity contribution in [3.63, 3.8) is 0 Å². The molecule has 2 aromatic carbocycles.